The van der Waals surface area contributed by atoms with Crippen LogP contribution in [-0.4, -0.2) is 35.1 Å². The average Bonchev–Trinajstić information content (AvgIpc) is 2.71. The van der Waals surface area contributed by atoms with Crippen molar-refractivity contribution >= 4 is 35.2 Å². The standard InChI is InChI=1S/C23H29ClN2O2S/c1-4-21(23(28)25-5-2)26(14-19-8-6-7-9-20(19)24)22(27)16-29-15-18-12-10-17(3)11-13-18/h6-13,21H,4-5,14-16H2,1-3H3,(H,25,28)/t21-/m1/s1. The normalized spacial score (nSPS) is 11.7. The van der Waals surface area contributed by atoms with Crippen molar-refractivity contribution in [2.75, 3.05) is 12.3 Å². The topological polar surface area (TPSA) is 49.4 Å². The zero-order chi connectivity index (χ0) is 21.2. The monoisotopic (exact) mass is 432 g/mol. The zero-order valence-corrected chi connectivity index (χ0v) is 18.9. The molecular formula is C23H29ClN2O2S. The Morgan fingerprint density at radius 1 is 1.10 bits per heavy atom. The number of benzene rings is 2. The minimum Gasteiger partial charge on any atom is -0.355 e. The van der Waals surface area contributed by atoms with Gasteiger partial charge in [-0.1, -0.05) is 66.6 Å². The summed E-state index contributed by atoms with van der Waals surface area (Å²) in [7, 11) is 0. The molecule has 0 aliphatic heterocycles. The summed E-state index contributed by atoms with van der Waals surface area (Å²) in [6.45, 7) is 6.71. The molecule has 6 heteroatoms. The summed E-state index contributed by atoms with van der Waals surface area (Å²) in [6, 6.07) is 15.2. The molecule has 0 fully saturated rings. The van der Waals surface area contributed by atoms with Gasteiger partial charge in [-0.3, -0.25) is 9.59 Å². The first-order valence-corrected chi connectivity index (χ1v) is 11.4. The number of hydrogen-bond acceptors (Lipinski definition) is 3. The number of likely N-dealkylation sites (N-methyl/N-ethyl adjacent to an activating group) is 1. The second-order valence-corrected chi connectivity index (χ2v) is 8.30. The molecule has 4 nitrogen and oxygen atoms in total. The van der Waals surface area contributed by atoms with Crippen LogP contribution in [-0.2, 0) is 21.9 Å². The molecule has 0 saturated carbocycles. The highest BCUT2D eigenvalue weighted by molar-refractivity contribution is 7.99. The Balaban J connectivity index is 2.11. The van der Waals surface area contributed by atoms with Gasteiger partial charge in [-0.2, -0.15) is 0 Å². The van der Waals surface area contributed by atoms with Gasteiger partial charge < -0.3 is 10.2 Å². The number of rotatable bonds is 10. The molecule has 0 spiro atoms. The van der Waals surface area contributed by atoms with Crippen LogP contribution in [0.5, 0.6) is 0 Å². The molecule has 0 aliphatic rings. The summed E-state index contributed by atoms with van der Waals surface area (Å²) in [6.07, 6.45) is 0.546. The molecule has 0 unspecified atom stereocenters. The highest BCUT2D eigenvalue weighted by atomic mass is 35.5. The molecule has 2 aromatic carbocycles. The van der Waals surface area contributed by atoms with Gasteiger partial charge in [0.15, 0.2) is 0 Å². The van der Waals surface area contributed by atoms with E-state index in [0.717, 1.165) is 11.3 Å². The molecule has 2 amide bonds. The predicted octanol–water partition coefficient (Wildman–Crippen LogP) is 4.83. The number of thioether (sulfide) groups is 1. The van der Waals surface area contributed by atoms with Crippen molar-refractivity contribution in [1.82, 2.24) is 10.2 Å². The van der Waals surface area contributed by atoms with E-state index in [1.807, 2.05) is 32.0 Å². The highest BCUT2D eigenvalue weighted by Crippen LogP contribution is 2.21. The predicted molar refractivity (Wildman–Crippen MR) is 122 cm³/mol. The Morgan fingerprint density at radius 2 is 1.79 bits per heavy atom. The first kappa shape index (κ1) is 23.3. The van der Waals surface area contributed by atoms with Crippen molar-refractivity contribution in [2.45, 2.75) is 45.5 Å². The van der Waals surface area contributed by atoms with E-state index < -0.39 is 6.04 Å². The van der Waals surface area contributed by atoms with E-state index >= 15 is 0 Å². The quantitative estimate of drug-likeness (QED) is 0.585. The third kappa shape index (κ3) is 7.09. The maximum atomic E-state index is 13.1. The van der Waals surface area contributed by atoms with Crippen LogP contribution in [0.1, 0.15) is 37.0 Å². The molecule has 1 N–H and O–H groups in total. The number of nitrogens with zero attached hydrogens (tertiary/aromatic N) is 1. The van der Waals surface area contributed by atoms with Crippen LogP contribution in [0, 0.1) is 6.92 Å². The van der Waals surface area contributed by atoms with E-state index in [4.69, 9.17) is 11.6 Å². The molecule has 29 heavy (non-hydrogen) atoms. The van der Waals surface area contributed by atoms with E-state index in [-0.39, 0.29) is 11.8 Å². The fourth-order valence-corrected chi connectivity index (χ4v) is 4.11. The lowest BCUT2D eigenvalue weighted by atomic mass is 10.1. The largest absolute Gasteiger partial charge is 0.355 e. The van der Waals surface area contributed by atoms with Crippen molar-refractivity contribution in [3.05, 3.63) is 70.2 Å². The molecule has 156 valence electrons. The van der Waals surface area contributed by atoms with Gasteiger partial charge in [0.1, 0.15) is 6.04 Å². The fourth-order valence-electron chi connectivity index (χ4n) is 3.05. The molecular weight excluding hydrogens is 404 g/mol. The maximum absolute atomic E-state index is 13.1. The van der Waals surface area contributed by atoms with E-state index in [1.165, 1.54) is 11.1 Å². The second kappa shape index (κ2) is 11.9. The molecule has 0 saturated heterocycles. The van der Waals surface area contributed by atoms with Crippen LogP contribution in [0.2, 0.25) is 5.02 Å². The van der Waals surface area contributed by atoms with Crippen molar-refractivity contribution in [3.8, 4) is 0 Å². The minimum atomic E-state index is -0.515. The number of carbonyl (C=O) groups is 2. The van der Waals surface area contributed by atoms with Gasteiger partial charge in [0, 0.05) is 23.9 Å². The van der Waals surface area contributed by atoms with Gasteiger partial charge in [-0.05, 0) is 37.5 Å². The van der Waals surface area contributed by atoms with Crippen molar-refractivity contribution in [1.29, 1.82) is 0 Å². The van der Waals surface area contributed by atoms with Crippen LogP contribution < -0.4 is 5.32 Å². The average molecular weight is 433 g/mol. The minimum absolute atomic E-state index is 0.0554. The molecule has 0 aliphatic carbocycles. The Hall–Kier alpha value is -1.98. The number of carbonyl (C=O) groups excluding carboxylic acids is 2. The van der Waals surface area contributed by atoms with Gasteiger partial charge in [0.25, 0.3) is 0 Å². The summed E-state index contributed by atoms with van der Waals surface area (Å²) < 4.78 is 0. The van der Waals surface area contributed by atoms with Crippen LogP contribution >= 0.6 is 23.4 Å². The Labute approximate surface area is 183 Å². The van der Waals surface area contributed by atoms with E-state index in [9.17, 15) is 9.59 Å². The molecule has 0 aromatic heterocycles. The van der Waals surface area contributed by atoms with Crippen molar-refractivity contribution in [3.63, 3.8) is 0 Å². The lowest BCUT2D eigenvalue weighted by molar-refractivity contribution is -0.139. The first-order chi connectivity index (χ1) is 14.0. The van der Waals surface area contributed by atoms with Crippen molar-refractivity contribution < 1.29 is 9.59 Å². The summed E-state index contributed by atoms with van der Waals surface area (Å²) in [5, 5.41) is 3.45. The number of halogens is 1. The van der Waals surface area contributed by atoms with Crippen molar-refractivity contribution in [2.24, 2.45) is 0 Å². The fraction of sp³-hybridized carbons (Fsp3) is 0.391. The number of hydrogen-bond donors (Lipinski definition) is 1. The van der Waals surface area contributed by atoms with Crippen LogP contribution in [0.25, 0.3) is 0 Å². The first-order valence-electron chi connectivity index (χ1n) is 9.90. The smallest absolute Gasteiger partial charge is 0.242 e. The second-order valence-electron chi connectivity index (χ2n) is 6.91. The van der Waals surface area contributed by atoms with Crippen LogP contribution in [0.15, 0.2) is 48.5 Å². The number of nitrogens with one attached hydrogen (secondary N) is 1. The van der Waals surface area contributed by atoms with Gasteiger partial charge >= 0.3 is 0 Å². The lowest BCUT2D eigenvalue weighted by Gasteiger charge is -2.30. The number of aryl methyl sites for hydroxylation is 1. The Kier molecular flexibility index (Phi) is 9.55. The van der Waals surface area contributed by atoms with Gasteiger partial charge in [-0.25, -0.2) is 0 Å². The van der Waals surface area contributed by atoms with E-state index in [1.54, 1.807) is 22.7 Å². The molecule has 2 aromatic rings. The molecule has 0 heterocycles. The Bertz CT molecular complexity index is 811. The number of amides is 2. The summed E-state index contributed by atoms with van der Waals surface area (Å²) in [5.41, 5.74) is 3.24. The van der Waals surface area contributed by atoms with Gasteiger partial charge in [0.05, 0.1) is 5.75 Å². The molecule has 2 rings (SSSR count). The summed E-state index contributed by atoms with van der Waals surface area (Å²) in [5.74, 6) is 0.886. The molecule has 0 bridgehead atoms. The summed E-state index contributed by atoms with van der Waals surface area (Å²) >= 11 is 7.88. The van der Waals surface area contributed by atoms with E-state index in [2.05, 4.69) is 36.5 Å². The summed E-state index contributed by atoms with van der Waals surface area (Å²) in [4.78, 5) is 27.3. The zero-order valence-electron chi connectivity index (χ0n) is 17.3. The maximum Gasteiger partial charge on any atom is 0.242 e. The Morgan fingerprint density at radius 3 is 2.41 bits per heavy atom. The third-order valence-corrected chi connectivity index (χ3v) is 6.01. The van der Waals surface area contributed by atoms with Crippen LogP contribution in [0.3, 0.4) is 0 Å². The van der Waals surface area contributed by atoms with Crippen LogP contribution in [0.4, 0.5) is 0 Å². The SMILES string of the molecule is CCNC(=O)[C@@H](CC)N(Cc1ccccc1Cl)C(=O)CSCc1ccc(C)cc1. The molecule has 0 radical (unpaired) electrons. The van der Waals surface area contributed by atoms with Gasteiger partial charge in [0.2, 0.25) is 11.8 Å². The van der Waals surface area contributed by atoms with Gasteiger partial charge in [-0.15, -0.1) is 11.8 Å². The lowest BCUT2D eigenvalue weighted by Crippen LogP contribution is -2.49. The third-order valence-electron chi connectivity index (χ3n) is 4.65. The highest BCUT2D eigenvalue weighted by Gasteiger charge is 2.28. The molecule has 1 atom stereocenters. The van der Waals surface area contributed by atoms with E-state index in [0.29, 0.717) is 30.3 Å².